The van der Waals surface area contributed by atoms with Crippen molar-refractivity contribution in [3.63, 3.8) is 0 Å². The third kappa shape index (κ3) is 3.19. The number of para-hydroxylation sites is 1. The van der Waals surface area contributed by atoms with Crippen molar-refractivity contribution in [2.45, 2.75) is 13.0 Å². The van der Waals surface area contributed by atoms with Crippen LogP contribution in [0, 0.1) is 0 Å². The van der Waals surface area contributed by atoms with Gasteiger partial charge in [-0.2, -0.15) is 0 Å². The summed E-state index contributed by atoms with van der Waals surface area (Å²) in [5.74, 6) is 0.907. The second-order valence-electron chi connectivity index (χ2n) is 4.92. The number of furan rings is 1. The molecule has 1 atom stereocenters. The summed E-state index contributed by atoms with van der Waals surface area (Å²) in [5.41, 5.74) is 3.49. The molecule has 0 aliphatic carbocycles. The minimum atomic E-state index is 0.0983. The van der Waals surface area contributed by atoms with E-state index in [1.54, 1.807) is 0 Å². The maximum absolute atomic E-state index is 5.62. The average molecular weight is 342 g/mol. The van der Waals surface area contributed by atoms with E-state index in [4.69, 9.17) is 4.42 Å². The van der Waals surface area contributed by atoms with Crippen LogP contribution >= 0.6 is 15.9 Å². The summed E-state index contributed by atoms with van der Waals surface area (Å²) in [7, 11) is 0. The zero-order valence-electron chi connectivity index (χ0n) is 11.7. The van der Waals surface area contributed by atoms with Crippen molar-refractivity contribution >= 4 is 21.6 Å². The molecule has 2 aromatic carbocycles. The molecule has 1 unspecified atom stereocenters. The van der Waals surface area contributed by atoms with Crippen molar-refractivity contribution in [1.29, 1.82) is 0 Å². The van der Waals surface area contributed by atoms with Crippen LogP contribution in [0.1, 0.15) is 18.7 Å². The molecule has 3 rings (SSSR count). The molecular formula is C18H16BrNO. The molecule has 0 aliphatic heterocycles. The molecule has 1 aromatic heterocycles. The highest BCUT2D eigenvalue weighted by molar-refractivity contribution is 9.10. The Hall–Kier alpha value is -2.00. The van der Waals surface area contributed by atoms with Crippen LogP contribution in [0.25, 0.3) is 11.1 Å². The molecule has 0 fully saturated rings. The van der Waals surface area contributed by atoms with Gasteiger partial charge in [-0.15, -0.1) is 0 Å². The normalized spacial score (nSPS) is 12.1. The summed E-state index contributed by atoms with van der Waals surface area (Å²) < 4.78 is 6.37. The Morgan fingerprint density at radius 3 is 2.33 bits per heavy atom. The Morgan fingerprint density at radius 2 is 1.62 bits per heavy atom. The fourth-order valence-corrected chi connectivity index (χ4v) is 2.66. The van der Waals surface area contributed by atoms with Gasteiger partial charge in [-0.3, -0.25) is 0 Å². The first-order chi connectivity index (χ1) is 10.2. The largest absolute Gasteiger partial charge is 0.452 e. The van der Waals surface area contributed by atoms with Gasteiger partial charge in [-0.1, -0.05) is 48.5 Å². The van der Waals surface area contributed by atoms with Gasteiger partial charge in [-0.25, -0.2) is 0 Å². The molecule has 0 aliphatic rings. The molecule has 3 heteroatoms. The smallest absolute Gasteiger partial charge is 0.169 e. The molecule has 106 valence electrons. The summed E-state index contributed by atoms with van der Waals surface area (Å²) >= 11 is 3.34. The van der Waals surface area contributed by atoms with E-state index < -0.39 is 0 Å². The van der Waals surface area contributed by atoms with E-state index in [1.165, 1.54) is 11.1 Å². The number of benzene rings is 2. The maximum Gasteiger partial charge on any atom is 0.169 e. The molecule has 0 saturated carbocycles. The van der Waals surface area contributed by atoms with Crippen molar-refractivity contribution in [3.05, 3.63) is 77.2 Å². The predicted molar refractivity (Wildman–Crippen MR) is 90.3 cm³/mol. The molecule has 2 nitrogen and oxygen atoms in total. The van der Waals surface area contributed by atoms with E-state index in [2.05, 4.69) is 70.6 Å². The number of hydrogen-bond acceptors (Lipinski definition) is 2. The lowest BCUT2D eigenvalue weighted by molar-refractivity contribution is 0.471. The molecule has 0 bridgehead atoms. The molecule has 1 N–H and O–H groups in total. The Bertz CT molecular complexity index is 721. The van der Waals surface area contributed by atoms with Gasteiger partial charge in [0.15, 0.2) is 4.67 Å². The van der Waals surface area contributed by atoms with Crippen LogP contribution in [-0.2, 0) is 0 Å². The monoisotopic (exact) mass is 341 g/mol. The topological polar surface area (TPSA) is 25.2 Å². The van der Waals surface area contributed by atoms with Gasteiger partial charge < -0.3 is 9.73 Å². The van der Waals surface area contributed by atoms with E-state index in [-0.39, 0.29) is 6.04 Å². The van der Waals surface area contributed by atoms with Gasteiger partial charge in [-0.05, 0) is 46.6 Å². The molecule has 1 heterocycles. The number of halogens is 1. The first-order valence-corrected chi connectivity index (χ1v) is 7.69. The SMILES string of the molecule is CC(Nc1ccccc1-c1ccccc1)c1ccc(Br)o1. The average Bonchev–Trinajstić information content (AvgIpc) is 2.95. The molecule has 0 spiro atoms. The third-order valence-corrected chi connectivity index (χ3v) is 3.83. The Labute approximate surface area is 132 Å². The second kappa shape index (κ2) is 6.19. The number of nitrogens with one attached hydrogen (secondary N) is 1. The van der Waals surface area contributed by atoms with Crippen molar-refractivity contribution in [2.24, 2.45) is 0 Å². The molecule has 0 radical (unpaired) electrons. The lowest BCUT2D eigenvalue weighted by atomic mass is 10.0. The maximum atomic E-state index is 5.62. The van der Waals surface area contributed by atoms with Crippen LogP contribution in [0.15, 0.2) is 75.8 Å². The minimum absolute atomic E-state index is 0.0983. The fraction of sp³-hybridized carbons (Fsp3) is 0.111. The summed E-state index contributed by atoms with van der Waals surface area (Å²) in [6.45, 7) is 2.09. The summed E-state index contributed by atoms with van der Waals surface area (Å²) in [6.07, 6.45) is 0. The van der Waals surface area contributed by atoms with E-state index in [0.29, 0.717) is 0 Å². The van der Waals surface area contributed by atoms with Gasteiger partial charge in [0.1, 0.15) is 5.76 Å². The molecule has 0 saturated heterocycles. The molecule has 3 aromatic rings. The van der Waals surface area contributed by atoms with E-state index in [9.17, 15) is 0 Å². The molecule has 0 amide bonds. The summed E-state index contributed by atoms with van der Waals surface area (Å²) in [6, 6.07) is 22.7. The highest BCUT2D eigenvalue weighted by Crippen LogP contribution is 2.31. The van der Waals surface area contributed by atoms with Crippen LogP contribution in [-0.4, -0.2) is 0 Å². The Morgan fingerprint density at radius 1 is 0.905 bits per heavy atom. The first kappa shape index (κ1) is 14.0. The third-order valence-electron chi connectivity index (χ3n) is 3.40. The van der Waals surface area contributed by atoms with Gasteiger partial charge >= 0.3 is 0 Å². The molecular weight excluding hydrogens is 326 g/mol. The quantitative estimate of drug-likeness (QED) is 0.640. The van der Waals surface area contributed by atoms with E-state index in [0.717, 1.165) is 16.1 Å². The predicted octanol–water partition coefficient (Wildman–Crippen LogP) is 5.88. The lowest BCUT2D eigenvalue weighted by Gasteiger charge is -2.16. The van der Waals surface area contributed by atoms with Crippen molar-refractivity contribution in [1.82, 2.24) is 0 Å². The van der Waals surface area contributed by atoms with Crippen molar-refractivity contribution in [3.8, 4) is 11.1 Å². The van der Waals surface area contributed by atoms with Crippen LogP contribution < -0.4 is 5.32 Å². The Balaban J connectivity index is 1.89. The van der Waals surface area contributed by atoms with Gasteiger partial charge in [0.2, 0.25) is 0 Å². The second-order valence-corrected chi connectivity index (χ2v) is 5.70. The highest BCUT2D eigenvalue weighted by atomic mass is 79.9. The summed E-state index contributed by atoms with van der Waals surface area (Å²) in [4.78, 5) is 0. The minimum Gasteiger partial charge on any atom is -0.452 e. The number of rotatable bonds is 4. The number of hydrogen-bond donors (Lipinski definition) is 1. The zero-order valence-corrected chi connectivity index (χ0v) is 13.3. The van der Waals surface area contributed by atoms with Gasteiger partial charge in [0.05, 0.1) is 6.04 Å². The Kier molecular flexibility index (Phi) is 4.11. The lowest BCUT2D eigenvalue weighted by Crippen LogP contribution is -2.06. The fourth-order valence-electron chi connectivity index (χ4n) is 2.34. The van der Waals surface area contributed by atoms with Crippen molar-refractivity contribution in [2.75, 3.05) is 5.32 Å². The van der Waals surface area contributed by atoms with Crippen LogP contribution in [0.4, 0.5) is 5.69 Å². The molecule has 21 heavy (non-hydrogen) atoms. The van der Waals surface area contributed by atoms with Crippen LogP contribution in [0.5, 0.6) is 0 Å². The number of anilines is 1. The van der Waals surface area contributed by atoms with E-state index in [1.807, 2.05) is 24.3 Å². The standard InChI is InChI=1S/C18H16BrNO/c1-13(17-11-12-18(19)21-17)20-16-10-6-5-9-15(16)14-7-3-2-4-8-14/h2-13,20H,1H3. The van der Waals surface area contributed by atoms with Crippen LogP contribution in [0.3, 0.4) is 0 Å². The first-order valence-electron chi connectivity index (χ1n) is 6.90. The van der Waals surface area contributed by atoms with Crippen LogP contribution in [0.2, 0.25) is 0 Å². The van der Waals surface area contributed by atoms with Gasteiger partial charge in [0.25, 0.3) is 0 Å². The zero-order chi connectivity index (χ0) is 14.7. The van der Waals surface area contributed by atoms with Gasteiger partial charge in [0, 0.05) is 11.3 Å². The summed E-state index contributed by atoms with van der Waals surface area (Å²) in [5, 5.41) is 3.52. The van der Waals surface area contributed by atoms with Crippen molar-refractivity contribution < 1.29 is 4.42 Å². The van der Waals surface area contributed by atoms with E-state index >= 15 is 0 Å². The highest BCUT2D eigenvalue weighted by Gasteiger charge is 2.12.